The number of rotatable bonds is 10. The van der Waals surface area contributed by atoms with Gasteiger partial charge in [0.25, 0.3) is 0 Å². The Bertz CT molecular complexity index is 816. The lowest BCUT2D eigenvalue weighted by molar-refractivity contribution is 0.800. The molecule has 5 heteroatoms. The van der Waals surface area contributed by atoms with Gasteiger partial charge in [-0.15, -0.1) is 0 Å². The van der Waals surface area contributed by atoms with E-state index in [2.05, 4.69) is 56.1 Å². The van der Waals surface area contributed by atoms with Crippen molar-refractivity contribution < 1.29 is 0 Å². The van der Waals surface area contributed by atoms with Crippen molar-refractivity contribution in [3.05, 3.63) is 64.8 Å². The SMILES string of the molecule is Clc1ccc2[nH]cc(CCCNSc3ccc(CCCCBr)cc3)c2c1. The lowest BCUT2D eigenvalue weighted by atomic mass is 10.1. The van der Waals surface area contributed by atoms with E-state index in [1.165, 1.54) is 40.7 Å². The summed E-state index contributed by atoms with van der Waals surface area (Å²) in [5.74, 6) is 0. The summed E-state index contributed by atoms with van der Waals surface area (Å²) in [5.41, 5.74) is 3.92. The third-order valence-corrected chi connectivity index (χ3v) is 6.07. The van der Waals surface area contributed by atoms with Crippen molar-refractivity contribution in [3.8, 4) is 0 Å². The van der Waals surface area contributed by atoms with Crippen LogP contribution in [0.4, 0.5) is 0 Å². The second-order valence-corrected chi connectivity index (χ2v) is 8.59. The number of aromatic nitrogens is 1. The molecule has 0 atom stereocenters. The summed E-state index contributed by atoms with van der Waals surface area (Å²) in [6.45, 7) is 0.977. The minimum absolute atomic E-state index is 0.794. The minimum Gasteiger partial charge on any atom is -0.361 e. The molecule has 0 bridgehead atoms. The molecule has 3 aromatic rings. The van der Waals surface area contributed by atoms with Crippen LogP contribution >= 0.6 is 39.5 Å². The van der Waals surface area contributed by atoms with Crippen LogP contribution in [0, 0.1) is 0 Å². The predicted molar refractivity (Wildman–Crippen MR) is 119 cm³/mol. The minimum atomic E-state index is 0.794. The summed E-state index contributed by atoms with van der Waals surface area (Å²) in [7, 11) is 0. The van der Waals surface area contributed by atoms with Gasteiger partial charge in [-0.2, -0.15) is 0 Å². The van der Waals surface area contributed by atoms with Crippen LogP contribution in [0.1, 0.15) is 30.4 Å². The number of aromatic amines is 1. The zero-order chi connectivity index (χ0) is 18.2. The van der Waals surface area contributed by atoms with Gasteiger partial charge in [0.15, 0.2) is 0 Å². The number of alkyl halides is 1. The third kappa shape index (κ3) is 5.78. The molecule has 26 heavy (non-hydrogen) atoms. The highest BCUT2D eigenvalue weighted by Gasteiger charge is 2.04. The molecule has 0 spiro atoms. The summed E-state index contributed by atoms with van der Waals surface area (Å²) in [6.07, 6.45) is 7.88. The smallest absolute Gasteiger partial charge is 0.0457 e. The van der Waals surface area contributed by atoms with Gasteiger partial charge in [-0.05, 0) is 85.5 Å². The molecule has 1 heterocycles. The van der Waals surface area contributed by atoms with Gasteiger partial charge in [-0.25, -0.2) is 0 Å². The van der Waals surface area contributed by atoms with Crippen molar-refractivity contribution in [2.45, 2.75) is 37.0 Å². The quantitative estimate of drug-likeness (QED) is 0.202. The number of aryl methyl sites for hydroxylation is 2. The third-order valence-electron chi connectivity index (χ3n) is 4.42. The largest absolute Gasteiger partial charge is 0.361 e. The number of nitrogens with one attached hydrogen (secondary N) is 2. The number of fused-ring (bicyclic) bond motifs is 1. The van der Waals surface area contributed by atoms with Crippen LogP contribution < -0.4 is 4.72 Å². The number of benzene rings is 2. The lowest BCUT2D eigenvalue weighted by Crippen LogP contribution is -2.06. The second-order valence-electron chi connectivity index (χ2n) is 6.39. The normalized spacial score (nSPS) is 11.3. The van der Waals surface area contributed by atoms with E-state index in [1.807, 2.05) is 18.2 Å². The van der Waals surface area contributed by atoms with Gasteiger partial charge in [0.05, 0.1) is 0 Å². The van der Waals surface area contributed by atoms with Gasteiger partial charge in [-0.3, -0.25) is 4.72 Å². The first-order valence-corrected chi connectivity index (χ1v) is 11.4. The predicted octanol–water partition coefficient (Wildman–Crippen LogP) is 6.77. The van der Waals surface area contributed by atoms with Crippen LogP contribution in [-0.4, -0.2) is 16.9 Å². The number of unbranched alkanes of at least 4 members (excludes halogenated alkanes) is 1. The van der Waals surface area contributed by atoms with Crippen LogP contribution in [0.2, 0.25) is 5.02 Å². The van der Waals surface area contributed by atoms with Gasteiger partial charge in [0, 0.05) is 38.9 Å². The summed E-state index contributed by atoms with van der Waals surface area (Å²) in [6, 6.07) is 14.9. The number of hydrogen-bond donors (Lipinski definition) is 2. The Balaban J connectivity index is 1.39. The van der Waals surface area contributed by atoms with Gasteiger partial charge in [0.2, 0.25) is 0 Å². The maximum atomic E-state index is 6.11. The van der Waals surface area contributed by atoms with E-state index in [1.54, 1.807) is 11.9 Å². The topological polar surface area (TPSA) is 27.8 Å². The molecule has 2 N–H and O–H groups in total. The Morgan fingerprint density at radius 2 is 1.85 bits per heavy atom. The van der Waals surface area contributed by atoms with Crippen LogP contribution in [-0.2, 0) is 12.8 Å². The Kier molecular flexibility index (Phi) is 7.93. The highest BCUT2D eigenvalue weighted by molar-refractivity contribution is 9.09. The van der Waals surface area contributed by atoms with Crippen molar-refractivity contribution in [3.63, 3.8) is 0 Å². The number of hydrogen-bond acceptors (Lipinski definition) is 2. The molecule has 0 unspecified atom stereocenters. The zero-order valence-corrected chi connectivity index (χ0v) is 17.9. The second kappa shape index (κ2) is 10.4. The van der Waals surface area contributed by atoms with E-state index in [4.69, 9.17) is 11.6 Å². The van der Waals surface area contributed by atoms with E-state index in [-0.39, 0.29) is 0 Å². The summed E-state index contributed by atoms with van der Waals surface area (Å²) < 4.78 is 3.47. The van der Waals surface area contributed by atoms with E-state index in [0.717, 1.165) is 35.3 Å². The van der Waals surface area contributed by atoms with E-state index in [9.17, 15) is 0 Å². The highest BCUT2D eigenvalue weighted by Crippen LogP contribution is 2.23. The first-order chi connectivity index (χ1) is 12.8. The average molecular weight is 452 g/mol. The van der Waals surface area contributed by atoms with Gasteiger partial charge >= 0.3 is 0 Å². The maximum absolute atomic E-state index is 6.11. The van der Waals surface area contributed by atoms with Crippen molar-refractivity contribution in [1.29, 1.82) is 0 Å². The fourth-order valence-electron chi connectivity index (χ4n) is 2.99. The number of H-pyrrole nitrogens is 1. The molecule has 0 saturated heterocycles. The van der Waals surface area contributed by atoms with Gasteiger partial charge in [-0.1, -0.05) is 39.7 Å². The molecule has 0 amide bonds. The fourth-order valence-corrected chi connectivity index (χ4v) is 4.24. The van der Waals surface area contributed by atoms with Gasteiger partial charge < -0.3 is 4.98 Å². The molecule has 0 radical (unpaired) electrons. The average Bonchev–Trinajstić information content (AvgIpc) is 3.05. The maximum Gasteiger partial charge on any atom is 0.0457 e. The lowest BCUT2D eigenvalue weighted by Gasteiger charge is -2.06. The van der Waals surface area contributed by atoms with Crippen LogP contribution in [0.15, 0.2) is 53.6 Å². The highest BCUT2D eigenvalue weighted by atomic mass is 79.9. The molecular weight excluding hydrogens is 428 g/mol. The molecule has 3 rings (SSSR count). The molecule has 138 valence electrons. The van der Waals surface area contributed by atoms with Gasteiger partial charge in [0.1, 0.15) is 0 Å². The monoisotopic (exact) mass is 450 g/mol. The molecule has 0 saturated carbocycles. The Morgan fingerprint density at radius 1 is 1.00 bits per heavy atom. The van der Waals surface area contributed by atoms with E-state index >= 15 is 0 Å². The number of halogens is 2. The van der Waals surface area contributed by atoms with Crippen molar-refractivity contribution in [2.24, 2.45) is 0 Å². The molecule has 1 aromatic heterocycles. The first kappa shape index (κ1) is 19.8. The fraction of sp³-hybridized carbons (Fsp3) is 0.333. The molecule has 0 aliphatic heterocycles. The molecule has 2 nitrogen and oxygen atoms in total. The summed E-state index contributed by atoms with van der Waals surface area (Å²) in [4.78, 5) is 4.59. The first-order valence-electron chi connectivity index (χ1n) is 9.06. The zero-order valence-electron chi connectivity index (χ0n) is 14.7. The van der Waals surface area contributed by atoms with Crippen LogP contribution in [0.25, 0.3) is 10.9 Å². The van der Waals surface area contributed by atoms with Crippen LogP contribution in [0.5, 0.6) is 0 Å². The molecule has 0 fully saturated rings. The molecule has 0 aliphatic rings. The van der Waals surface area contributed by atoms with Crippen molar-refractivity contribution >= 4 is 50.4 Å². The summed E-state index contributed by atoms with van der Waals surface area (Å²) >= 11 is 11.3. The molecule has 0 aliphatic carbocycles. The Hall–Kier alpha value is -0.940. The standard InChI is InChI=1S/C21H24BrClN2S/c22-12-2-1-4-16-6-9-19(10-7-16)26-25-13-3-5-17-15-24-21-11-8-18(23)14-20(17)21/h6-11,14-15,24-25H,1-5,12-13H2. The Labute approximate surface area is 173 Å². The molecule has 2 aromatic carbocycles. The van der Waals surface area contributed by atoms with E-state index < -0.39 is 0 Å². The van der Waals surface area contributed by atoms with Crippen molar-refractivity contribution in [2.75, 3.05) is 11.9 Å². The Morgan fingerprint density at radius 3 is 2.65 bits per heavy atom. The van der Waals surface area contributed by atoms with Crippen molar-refractivity contribution in [1.82, 2.24) is 9.71 Å². The summed E-state index contributed by atoms with van der Waals surface area (Å²) in [5, 5.41) is 3.12. The molecular formula is C21H24BrClN2S. The van der Waals surface area contributed by atoms with Crippen LogP contribution in [0.3, 0.4) is 0 Å². The van der Waals surface area contributed by atoms with E-state index in [0.29, 0.717) is 0 Å².